The van der Waals surface area contributed by atoms with Gasteiger partial charge in [-0.3, -0.25) is 14.4 Å². The van der Waals surface area contributed by atoms with Crippen LogP contribution in [0, 0.1) is 5.41 Å². The van der Waals surface area contributed by atoms with Gasteiger partial charge in [-0.25, -0.2) is 0 Å². The largest absolute Gasteiger partial charge is 0.489 e. The molecule has 0 unspecified atom stereocenters. The number of halogens is 1. The summed E-state index contributed by atoms with van der Waals surface area (Å²) >= 11 is 3.76. The van der Waals surface area contributed by atoms with E-state index in [-0.39, 0.29) is 45.9 Å². The van der Waals surface area contributed by atoms with Crippen molar-refractivity contribution in [1.29, 1.82) is 0 Å². The van der Waals surface area contributed by atoms with E-state index in [2.05, 4.69) is 15.9 Å². The molecule has 610 valence electrons. The highest BCUT2D eigenvalue weighted by Crippen LogP contribution is 2.97. The summed E-state index contributed by atoms with van der Waals surface area (Å²) in [5, 5.41) is 77.0. The Kier molecular flexibility index (Phi) is 9.90. The van der Waals surface area contributed by atoms with Crippen molar-refractivity contribution in [3.05, 3.63) is 237 Å². The van der Waals surface area contributed by atoms with Crippen LogP contribution in [0.5, 0.6) is 34.5 Å². The van der Waals surface area contributed by atoms with Crippen LogP contribution in [0.2, 0.25) is 0 Å². The molecule has 0 radical (unpaired) electrons. The van der Waals surface area contributed by atoms with Crippen molar-refractivity contribution in [3.63, 3.8) is 0 Å². The SMILES string of the molecule is O=C(CCCOC(=O)C1(C(=O)OCCCBr)C23c4c5c6c7c8c9c(c%10c%11c2c2c4c4c%12c5c5c6c6c8c8c%13c9c9c%10c%10c%11c%11c2c2c4c4c%12c%12c5c5c6c8c6c8c%13c9c9c%10c%10c%11c2c2c4c4c%12c5c6c5c8c9c%10c2c45)C713)OCc1cc(OCc2cc(OCc3ccccc3)cc(OCc3ccccc3)c2)cc(OCc2cc(OCc3ccccc3)cc(OCc3ccccc3)c2)c1. The molecular weight excluding hydrogens is 1700 g/mol. The first-order valence-electron chi connectivity index (χ1n) is 46.5. The lowest BCUT2D eigenvalue weighted by Crippen LogP contribution is -2.39. The Hall–Kier alpha value is -15.3. The maximum absolute atomic E-state index is 18.1. The maximum Gasteiger partial charge on any atom is 0.326 e. The lowest BCUT2D eigenvalue weighted by atomic mass is 9.68. The number of hydrogen-bond acceptors (Lipinski definition) is 12. The average Bonchev–Trinajstić information content (AvgIpc) is 1.35. The lowest BCUT2D eigenvalue weighted by molar-refractivity contribution is -0.167. The van der Waals surface area contributed by atoms with Gasteiger partial charge in [0.05, 0.1) is 24.0 Å². The quantitative estimate of drug-likeness (QED) is 0.0110. The topological polar surface area (TPSA) is 134 Å². The number of carbonyl (C=O) groups excluding carboxylic acids is 3. The van der Waals surface area contributed by atoms with E-state index in [0.29, 0.717) is 78.2 Å². The predicted molar refractivity (Wildman–Crippen MR) is 527 cm³/mol. The molecule has 1 saturated carbocycles. The Labute approximate surface area is 748 Å². The molecule has 0 N–H and O–H groups in total. The molecule has 0 bridgehead atoms. The molecular formula is C119H55BrO12. The van der Waals surface area contributed by atoms with E-state index in [1.54, 1.807) is 0 Å². The first kappa shape index (κ1) is 65.3. The van der Waals surface area contributed by atoms with Gasteiger partial charge in [0, 0.05) is 30.0 Å². The van der Waals surface area contributed by atoms with Crippen LogP contribution in [-0.4, -0.2) is 36.5 Å². The number of rotatable bonds is 29. The van der Waals surface area contributed by atoms with E-state index in [4.69, 9.17) is 42.6 Å². The third-order valence-electron chi connectivity index (χ3n) is 35.3. The summed E-state index contributed by atoms with van der Waals surface area (Å²) in [7, 11) is 0. The van der Waals surface area contributed by atoms with Gasteiger partial charge in [0.25, 0.3) is 0 Å². The first-order valence-corrected chi connectivity index (χ1v) is 47.6. The third-order valence-corrected chi connectivity index (χ3v) is 35.8. The first-order chi connectivity index (χ1) is 65.3. The van der Waals surface area contributed by atoms with Crippen LogP contribution in [0.15, 0.2) is 176 Å². The van der Waals surface area contributed by atoms with Crippen molar-refractivity contribution in [2.75, 3.05) is 18.5 Å². The molecule has 12 nitrogen and oxygen atoms in total. The summed E-state index contributed by atoms with van der Waals surface area (Å²) in [4.78, 5) is 50.9. The van der Waals surface area contributed by atoms with Gasteiger partial charge >= 0.3 is 17.9 Å². The average molecular weight is 1760 g/mol. The summed E-state index contributed by atoms with van der Waals surface area (Å²) in [5.74, 6) is 1.88. The van der Waals surface area contributed by atoms with Gasteiger partial charge in [-0.2, -0.15) is 0 Å². The van der Waals surface area contributed by atoms with Gasteiger partial charge < -0.3 is 42.6 Å². The fraction of sp³-hybridized carbons (Fsp3) is 0.134. The number of alkyl halides is 1. The number of carbonyl (C=O) groups is 3. The van der Waals surface area contributed by atoms with Crippen LogP contribution in [0.4, 0.5) is 0 Å². The van der Waals surface area contributed by atoms with Gasteiger partial charge in [0.2, 0.25) is 0 Å². The molecule has 0 heterocycles. The second-order valence-corrected chi connectivity index (χ2v) is 41.0. The number of benzene rings is 25. The molecule has 0 saturated heterocycles. The van der Waals surface area contributed by atoms with Gasteiger partial charge in [-0.05, 0) is 401 Å². The standard InChI is InChI=1S/C119H55BrO12/c120-24-14-26-125-116(123)119(115(122)124-25-13-23-56(121)132-42-49-31-54(130-40-47-27-50(126-36-43-15-5-1-6-16-43)33-51(28-47)127-37-44-17-7-2-8-18-44)35-55(32-49)131-41-48-29-52(128-38-45-19-9-3-10-20-45)34-53(30-48)129-39-46-21-11-4-12-22-46)117-111-103-95-85-75-67-59-57-58-61-65-63(59)71-79-73(65)83-77-69(61)70-62(58)66-64-60(57)68(67)76-82-72(64)80-74(66)84-78(70)88-87(77)97-91(83)101-93(79)99(89(95)81(71)75)107(111)109(101)113-105(97)106-98(88)92(84)102-94(80)100-90(82)96(86(76)85)104(103)112(117)108(100)110(102)114(106)118(113,117)119/h1-12,15-22,27-35H,13-14,23-26,36-42H2. The summed E-state index contributed by atoms with van der Waals surface area (Å²) in [6.07, 6.45) is 0.605. The van der Waals surface area contributed by atoms with Crippen molar-refractivity contribution < 1.29 is 57.0 Å². The van der Waals surface area contributed by atoms with Gasteiger partial charge in [-0.1, -0.05) is 137 Å². The van der Waals surface area contributed by atoms with Gasteiger partial charge in [0.15, 0.2) is 5.41 Å². The van der Waals surface area contributed by atoms with E-state index in [1.165, 1.54) is 313 Å². The highest BCUT2D eigenvalue weighted by Gasteiger charge is 3.01. The van der Waals surface area contributed by atoms with E-state index < -0.39 is 34.2 Å². The normalized spacial score (nSPS) is 18.0. The van der Waals surface area contributed by atoms with Crippen LogP contribution in [0.3, 0.4) is 0 Å². The Morgan fingerprint density at radius 3 is 0.614 bits per heavy atom. The van der Waals surface area contributed by atoms with Crippen LogP contribution in [0.25, 0.3) is 291 Å². The Bertz CT molecular complexity index is 9970. The number of hydrogen-bond donors (Lipinski definition) is 0. The predicted octanol–water partition coefficient (Wildman–Crippen LogP) is 28.2. The molecule has 2 spiro atoms. The molecule has 40 rings (SSSR count). The minimum atomic E-state index is -1.95. The molecule has 35 aromatic rings. The van der Waals surface area contributed by atoms with Gasteiger partial charge in [0.1, 0.15) is 80.7 Å². The van der Waals surface area contributed by atoms with Crippen LogP contribution in [0.1, 0.15) is 80.5 Å². The fourth-order valence-electron chi connectivity index (χ4n) is 32.3. The van der Waals surface area contributed by atoms with Crippen molar-refractivity contribution >= 4 is 325 Å². The van der Waals surface area contributed by atoms with E-state index in [9.17, 15) is 4.79 Å². The van der Waals surface area contributed by atoms with Crippen LogP contribution < -0.4 is 28.4 Å². The molecule has 0 aromatic heterocycles. The summed E-state index contributed by atoms with van der Waals surface area (Å²) in [6, 6.07) is 57.6. The Morgan fingerprint density at radius 1 is 0.212 bits per heavy atom. The Balaban J connectivity index is 0.475. The zero-order valence-corrected chi connectivity index (χ0v) is 71.3. The molecule has 1 fully saturated rings. The highest BCUT2D eigenvalue weighted by atomic mass is 79.9. The van der Waals surface area contributed by atoms with Crippen molar-refractivity contribution in [2.45, 2.75) is 76.3 Å². The molecule has 13 heteroatoms. The summed E-state index contributed by atoms with van der Waals surface area (Å²) in [6.45, 7) is 1.49. The zero-order chi connectivity index (χ0) is 84.3. The maximum atomic E-state index is 18.1. The molecule has 5 aliphatic rings. The monoisotopic (exact) mass is 1750 g/mol. The number of ether oxygens (including phenoxy) is 9. The van der Waals surface area contributed by atoms with E-state index >= 15 is 9.59 Å². The smallest absolute Gasteiger partial charge is 0.326 e. The van der Waals surface area contributed by atoms with E-state index in [0.717, 1.165) is 33.4 Å². The highest BCUT2D eigenvalue weighted by molar-refractivity contribution is 9.09. The molecule has 0 aliphatic heterocycles. The van der Waals surface area contributed by atoms with Crippen molar-refractivity contribution in [1.82, 2.24) is 0 Å². The summed E-state index contributed by atoms with van der Waals surface area (Å²) < 4.78 is 60.2. The van der Waals surface area contributed by atoms with Crippen molar-refractivity contribution in [3.8, 4) is 34.5 Å². The Morgan fingerprint density at radius 2 is 0.402 bits per heavy atom. The lowest BCUT2D eigenvalue weighted by Gasteiger charge is -2.32. The molecule has 0 atom stereocenters. The second kappa shape index (κ2) is 20.0. The fourth-order valence-corrected chi connectivity index (χ4v) is 32.5. The van der Waals surface area contributed by atoms with Crippen LogP contribution in [-0.2, 0) is 85.7 Å². The van der Waals surface area contributed by atoms with E-state index in [1.807, 2.05) is 176 Å². The molecule has 35 aromatic carbocycles. The number of esters is 3. The minimum absolute atomic E-state index is 0.0812. The van der Waals surface area contributed by atoms with Crippen molar-refractivity contribution in [2.24, 2.45) is 5.41 Å². The van der Waals surface area contributed by atoms with Crippen LogP contribution >= 0.6 is 15.9 Å². The molecule has 0 amide bonds. The summed E-state index contributed by atoms with van der Waals surface area (Å²) in [5.41, 5.74) is 6.51. The van der Waals surface area contributed by atoms with Gasteiger partial charge in [-0.15, -0.1) is 0 Å². The molecule has 132 heavy (non-hydrogen) atoms. The third kappa shape index (κ3) is 5.91. The zero-order valence-electron chi connectivity index (χ0n) is 69.7. The second-order valence-electron chi connectivity index (χ2n) is 40.2. The molecule has 5 aliphatic carbocycles. The minimum Gasteiger partial charge on any atom is -0.489 e.